The van der Waals surface area contributed by atoms with Gasteiger partial charge in [-0.15, -0.1) is 0 Å². The van der Waals surface area contributed by atoms with Crippen LogP contribution in [0.15, 0.2) is 0 Å². The Kier molecular flexibility index (Phi) is 20.0. The second-order valence-corrected chi connectivity index (χ2v) is 3.84. The Morgan fingerprint density at radius 2 is 1.25 bits per heavy atom. The maximum Gasteiger partial charge on any atom is 0.126 e. The summed E-state index contributed by atoms with van der Waals surface area (Å²) in [5, 5.41) is 0. The predicted octanol–water partition coefficient (Wildman–Crippen LogP) is 1.49. The molecule has 3 nitrogen and oxygen atoms in total. The normalized spacial score (nSPS) is 9.50. The van der Waals surface area contributed by atoms with Gasteiger partial charge in [-0.25, -0.2) is 0 Å². The van der Waals surface area contributed by atoms with Gasteiger partial charge < -0.3 is 9.35 Å². The summed E-state index contributed by atoms with van der Waals surface area (Å²) in [6, 6.07) is 0. The molecule has 0 radical (unpaired) electrons. The summed E-state index contributed by atoms with van der Waals surface area (Å²) >= 11 is 2.68. The lowest BCUT2D eigenvalue weighted by molar-refractivity contribution is -0.114. The van der Waals surface area contributed by atoms with Crippen molar-refractivity contribution in [3.8, 4) is 0 Å². The van der Waals surface area contributed by atoms with Crippen molar-refractivity contribution < 1.29 is 13.6 Å². The highest BCUT2D eigenvalue weighted by Gasteiger charge is 1.62. The number of rotatable bonds is 0. The summed E-state index contributed by atoms with van der Waals surface area (Å²) in [5.41, 5.74) is 0. The van der Waals surface area contributed by atoms with Crippen molar-refractivity contribution in [2.24, 2.45) is 0 Å². The van der Waals surface area contributed by atoms with Crippen LogP contribution in [0.1, 0.15) is 27.7 Å². The molecule has 0 fully saturated rings. The second kappa shape index (κ2) is 13.5. The van der Waals surface area contributed by atoms with Crippen LogP contribution in [0.5, 0.6) is 0 Å². The van der Waals surface area contributed by atoms with Gasteiger partial charge in [0, 0.05) is 0 Å². The van der Waals surface area contributed by atoms with Crippen molar-refractivity contribution in [2.75, 3.05) is 6.26 Å². The minimum Gasteiger partial charge on any atom is -0.773 e. The Bertz CT molecular complexity index is 114. The van der Waals surface area contributed by atoms with Gasteiger partial charge in [-0.2, -0.15) is 0 Å². The highest BCUT2D eigenvalue weighted by Crippen LogP contribution is 1.61. The average Bonchev–Trinajstić information content (AvgIpc) is 1.54. The molecule has 0 aliphatic carbocycles. The molecule has 0 bridgehead atoms. The molecule has 0 N–H and O–H groups in total. The minimum absolute atomic E-state index is 0.167. The minimum atomic E-state index is -1.86. The fraction of sp³-hybridized carbons (Fsp3) is 0.714. The molecule has 0 aliphatic heterocycles. The zero-order valence-electron chi connectivity index (χ0n) is 8.04. The molecule has 0 aromatic rings. The Labute approximate surface area is 81.8 Å². The lowest BCUT2D eigenvalue weighted by atomic mass is 10.6. The summed E-state index contributed by atoms with van der Waals surface area (Å²) in [7, 11) is 0. The summed E-state index contributed by atoms with van der Waals surface area (Å²) in [5.74, 6) is 0.167. The van der Waals surface area contributed by atoms with Gasteiger partial charge in [0.15, 0.2) is 0 Å². The summed E-state index contributed by atoms with van der Waals surface area (Å²) in [6.45, 7) is 6.85. The molecule has 1 unspecified atom stereocenters. The van der Waals surface area contributed by atoms with Crippen LogP contribution in [0.25, 0.3) is 0 Å². The first-order valence-electron chi connectivity index (χ1n) is 3.15. The van der Waals surface area contributed by atoms with Gasteiger partial charge >= 0.3 is 0 Å². The average molecular weight is 211 g/mol. The van der Waals surface area contributed by atoms with E-state index in [1.807, 2.05) is 13.8 Å². The first-order valence-corrected chi connectivity index (χ1v) is 5.04. The molecule has 5 heteroatoms. The number of ketones is 1. The number of Topliss-reactive ketones (excluding diaryl/α,β-unsaturated/α-hetero) is 1. The standard InChI is InChI=1S/C3H6O.C3H6S.CH4O2S/c2*1-3(2)4;1-4(2)3/h2*1-2H3;1H3,(H,2,3)/p-1. The van der Waals surface area contributed by atoms with Crippen LogP contribution >= 0.6 is 12.2 Å². The van der Waals surface area contributed by atoms with E-state index < -0.39 is 11.1 Å². The first kappa shape index (κ1) is 17.8. The quantitative estimate of drug-likeness (QED) is 0.450. The van der Waals surface area contributed by atoms with Crippen LogP contribution < -0.4 is 0 Å². The van der Waals surface area contributed by atoms with Crippen molar-refractivity contribution in [3.05, 3.63) is 0 Å². The third kappa shape index (κ3) is 45900. The SMILES string of the molecule is CC(C)=O.CC(C)=S.CS(=O)[O-]. The number of carbonyl (C=O) groups excluding carboxylic acids is 1. The predicted molar refractivity (Wildman–Crippen MR) is 55.1 cm³/mol. The van der Waals surface area contributed by atoms with Gasteiger partial charge in [0.25, 0.3) is 0 Å². The molecule has 0 aromatic carbocycles. The van der Waals surface area contributed by atoms with Gasteiger partial charge in [0.2, 0.25) is 0 Å². The van der Waals surface area contributed by atoms with E-state index in [-0.39, 0.29) is 5.78 Å². The van der Waals surface area contributed by atoms with Crippen molar-refractivity contribution in [1.82, 2.24) is 0 Å². The third-order valence-corrected chi connectivity index (χ3v) is 0. The van der Waals surface area contributed by atoms with E-state index in [1.54, 1.807) is 0 Å². The fourth-order valence-electron chi connectivity index (χ4n) is 0. The van der Waals surface area contributed by atoms with E-state index in [2.05, 4.69) is 12.2 Å². The molecule has 74 valence electrons. The van der Waals surface area contributed by atoms with Crippen molar-refractivity contribution >= 4 is 33.9 Å². The number of hydrogen-bond donors (Lipinski definition) is 0. The molecular weight excluding hydrogens is 196 g/mol. The van der Waals surface area contributed by atoms with Crippen LogP contribution in [-0.4, -0.2) is 25.7 Å². The maximum atomic E-state index is 9.44. The van der Waals surface area contributed by atoms with E-state index in [0.29, 0.717) is 0 Å². The zero-order chi connectivity index (χ0) is 10.7. The maximum absolute atomic E-state index is 9.44. The summed E-state index contributed by atoms with van der Waals surface area (Å²) in [4.78, 5) is 10.4. The Morgan fingerprint density at radius 3 is 1.25 bits per heavy atom. The van der Waals surface area contributed by atoms with Gasteiger partial charge in [-0.05, 0) is 38.8 Å². The molecule has 0 spiro atoms. The summed E-state index contributed by atoms with van der Waals surface area (Å²) < 4.78 is 18.0. The first-order chi connectivity index (χ1) is 5.20. The van der Waals surface area contributed by atoms with E-state index in [1.165, 1.54) is 13.8 Å². The molecule has 0 amide bonds. The Hall–Kier alpha value is -0.130. The molecule has 12 heavy (non-hydrogen) atoms. The van der Waals surface area contributed by atoms with Gasteiger partial charge in [0.05, 0.1) is 0 Å². The monoisotopic (exact) mass is 211 g/mol. The molecular formula is C7H15O3S2-. The van der Waals surface area contributed by atoms with E-state index in [4.69, 9.17) is 8.76 Å². The van der Waals surface area contributed by atoms with Crippen LogP contribution in [0.4, 0.5) is 0 Å². The summed E-state index contributed by atoms with van der Waals surface area (Å²) in [6.07, 6.45) is 1.08. The fourth-order valence-corrected chi connectivity index (χ4v) is 0. The van der Waals surface area contributed by atoms with Gasteiger partial charge in [-0.1, -0.05) is 23.3 Å². The van der Waals surface area contributed by atoms with E-state index >= 15 is 0 Å². The Balaban J connectivity index is -0.000000101. The number of thiocarbonyl (C=S) groups is 1. The van der Waals surface area contributed by atoms with E-state index in [0.717, 1.165) is 11.1 Å². The van der Waals surface area contributed by atoms with E-state index in [9.17, 15) is 4.79 Å². The molecule has 0 saturated heterocycles. The highest BCUT2D eigenvalue weighted by molar-refractivity contribution is 7.80. The van der Waals surface area contributed by atoms with Crippen LogP contribution in [0.3, 0.4) is 0 Å². The highest BCUT2D eigenvalue weighted by atomic mass is 32.2. The number of hydrogen-bond acceptors (Lipinski definition) is 4. The lowest BCUT2D eigenvalue weighted by Crippen LogP contribution is -1.73. The van der Waals surface area contributed by atoms with Crippen molar-refractivity contribution in [3.63, 3.8) is 0 Å². The van der Waals surface area contributed by atoms with Crippen LogP contribution in [0.2, 0.25) is 0 Å². The smallest absolute Gasteiger partial charge is 0.126 e. The molecule has 0 rings (SSSR count). The van der Waals surface area contributed by atoms with Gasteiger partial charge in [-0.3, -0.25) is 4.21 Å². The molecule has 0 aliphatic rings. The van der Waals surface area contributed by atoms with Crippen LogP contribution in [0, 0.1) is 0 Å². The van der Waals surface area contributed by atoms with Crippen molar-refractivity contribution in [2.45, 2.75) is 27.7 Å². The Morgan fingerprint density at radius 1 is 1.25 bits per heavy atom. The van der Waals surface area contributed by atoms with Crippen LogP contribution in [-0.2, 0) is 15.9 Å². The zero-order valence-corrected chi connectivity index (χ0v) is 9.67. The van der Waals surface area contributed by atoms with Crippen molar-refractivity contribution in [1.29, 1.82) is 0 Å². The number of carbonyl (C=O) groups is 1. The molecule has 0 aromatic heterocycles. The molecule has 0 saturated carbocycles. The second-order valence-electron chi connectivity index (χ2n) is 2.22. The molecule has 1 atom stereocenters. The topological polar surface area (TPSA) is 57.2 Å². The third-order valence-electron chi connectivity index (χ3n) is 0. The molecule has 0 heterocycles. The lowest BCUT2D eigenvalue weighted by Gasteiger charge is -1.85. The largest absolute Gasteiger partial charge is 0.773 e. The van der Waals surface area contributed by atoms with Gasteiger partial charge in [0.1, 0.15) is 5.78 Å².